The minimum absolute atomic E-state index is 0.0711. The molecule has 7 aliphatic rings. The molecule has 11 N–H and O–H groups in total. The number of aliphatic hydroxyl groups excluding tert-OH is 11. The van der Waals surface area contributed by atoms with E-state index in [0.29, 0.717) is 38.5 Å². The van der Waals surface area contributed by atoms with Crippen LogP contribution in [0.5, 0.6) is 0 Å². The fraction of sp³-hybridized carbons (Fsp3) is 0.948. The van der Waals surface area contributed by atoms with Crippen molar-refractivity contribution in [3.63, 3.8) is 0 Å². The van der Waals surface area contributed by atoms with Gasteiger partial charge in [0, 0.05) is 6.42 Å². The highest BCUT2D eigenvalue weighted by Gasteiger charge is 2.72. The maximum absolute atomic E-state index is 12.8. The summed E-state index contributed by atoms with van der Waals surface area (Å²) in [7, 11) is 0. The van der Waals surface area contributed by atoms with Gasteiger partial charge >= 0.3 is 5.97 Å². The largest absolute Gasteiger partial charge is 0.463 e. The molecule has 3 aliphatic heterocycles. The van der Waals surface area contributed by atoms with Crippen LogP contribution in [-0.2, 0) is 38.0 Å². The second-order valence-electron chi connectivity index (χ2n) is 26.3. The van der Waals surface area contributed by atoms with Crippen molar-refractivity contribution in [1.82, 2.24) is 0 Å². The Balaban J connectivity index is 1.06. The summed E-state index contributed by atoms with van der Waals surface area (Å²) in [4.78, 5) is 12.7. The van der Waals surface area contributed by atoms with Gasteiger partial charge in [-0.15, -0.1) is 0 Å². The summed E-state index contributed by atoms with van der Waals surface area (Å²) in [6.45, 7) is 17.9. The molecule has 0 aromatic rings. The fourth-order valence-electron chi connectivity index (χ4n) is 16.3. The quantitative estimate of drug-likeness (QED) is 0.0319. The highest BCUT2D eigenvalue weighted by molar-refractivity contribution is 5.69. The van der Waals surface area contributed by atoms with E-state index >= 15 is 0 Å². The van der Waals surface area contributed by atoms with Gasteiger partial charge in [0.1, 0.15) is 79.9 Å². The SMILES string of the molecule is CCCCCCCCCC(=O)OC[C@H]1O[C@@H](O[C@H]2[C@H](O[C@H]3CC[C@]4(C)[C@H]5C[C@@H](O)[C@@H]6[C@@H]([C@](C)(CCC=C(C)C)O[C@@H]7O[C@H](CO)[C@@H](O)[C@H](O)[C@H]7O)CC[C@@]6(C)[C@]5(C)CC[C@H]4C3(C)C)O[C@H](CO)[C@@H](O)[C@@H]2O)[C@H](O)[C@@H](O)[C@@H]1O. The van der Waals surface area contributed by atoms with E-state index in [-0.39, 0.29) is 46.3 Å². The van der Waals surface area contributed by atoms with Gasteiger partial charge in [0.25, 0.3) is 0 Å². The van der Waals surface area contributed by atoms with Crippen molar-refractivity contribution < 1.29 is 94.1 Å². The van der Waals surface area contributed by atoms with Crippen LogP contribution in [0.1, 0.15) is 171 Å². The number of carbonyl (C=O) groups is 1. The molecule has 25 atom stereocenters. The molecule has 0 aromatic heterocycles. The average molecular weight is 1100 g/mol. The van der Waals surface area contributed by atoms with Gasteiger partial charge in [-0.1, -0.05) is 91.7 Å². The molecular formula is C58H100O19. The molecule has 77 heavy (non-hydrogen) atoms. The number of esters is 1. The topological polar surface area (TPSA) is 304 Å². The van der Waals surface area contributed by atoms with Gasteiger partial charge in [0.2, 0.25) is 0 Å². The van der Waals surface area contributed by atoms with Crippen molar-refractivity contribution >= 4 is 5.97 Å². The van der Waals surface area contributed by atoms with Crippen LogP contribution < -0.4 is 0 Å². The van der Waals surface area contributed by atoms with Gasteiger partial charge in [0.15, 0.2) is 18.9 Å². The number of ether oxygens (including phenoxy) is 7. The number of unbranched alkanes of at least 4 members (excludes halogenated alkanes) is 6. The van der Waals surface area contributed by atoms with Crippen molar-refractivity contribution in [2.75, 3.05) is 19.8 Å². The van der Waals surface area contributed by atoms with E-state index in [1.807, 2.05) is 20.8 Å². The van der Waals surface area contributed by atoms with E-state index in [9.17, 15) is 61.0 Å². The highest BCUT2D eigenvalue weighted by atomic mass is 16.8. The molecule has 19 heteroatoms. The lowest BCUT2D eigenvalue weighted by molar-refractivity contribution is -0.378. The van der Waals surface area contributed by atoms with Gasteiger partial charge < -0.3 is 89.3 Å². The van der Waals surface area contributed by atoms with Crippen LogP contribution >= 0.6 is 0 Å². The molecule has 0 unspecified atom stereocenters. The first-order valence-electron chi connectivity index (χ1n) is 29.3. The van der Waals surface area contributed by atoms with E-state index in [0.717, 1.165) is 63.4 Å². The van der Waals surface area contributed by atoms with Crippen LogP contribution in [0.15, 0.2) is 11.6 Å². The summed E-state index contributed by atoms with van der Waals surface area (Å²) < 4.78 is 43.5. The first-order chi connectivity index (χ1) is 36.2. The Bertz CT molecular complexity index is 1940. The van der Waals surface area contributed by atoms with Crippen LogP contribution in [0.25, 0.3) is 0 Å². The van der Waals surface area contributed by atoms with E-state index in [1.54, 1.807) is 0 Å². The first kappa shape index (κ1) is 63.1. The molecule has 0 spiro atoms. The van der Waals surface area contributed by atoms with Gasteiger partial charge in [-0.25, -0.2) is 0 Å². The molecular weight excluding hydrogens is 1000 g/mol. The van der Waals surface area contributed by atoms with Crippen molar-refractivity contribution in [3.05, 3.63) is 11.6 Å². The minimum atomic E-state index is -1.83. The summed E-state index contributed by atoms with van der Waals surface area (Å²) in [5.74, 6) is -0.707. The predicted molar refractivity (Wildman–Crippen MR) is 280 cm³/mol. The number of hydrogen-bond donors (Lipinski definition) is 11. The molecule has 446 valence electrons. The third-order valence-electron chi connectivity index (χ3n) is 21.0. The molecule has 7 fully saturated rings. The lowest BCUT2D eigenvalue weighted by Crippen LogP contribution is -2.68. The molecule has 0 bridgehead atoms. The van der Waals surface area contributed by atoms with Crippen LogP contribution in [0.2, 0.25) is 0 Å². The standard InChI is InChI=1S/C58H100O19/c1-10-11-12-13-14-15-16-19-40(62)71-30-36-44(65)46(67)48(69)51(74-36)76-50-47(68)43(64)35(29-60)73-53(50)75-39-22-24-55(6)37(54(39,4)5)21-26-56(7)38(55)27-33(61)41-32(20-25-57(41,56)8)58(9,23-17-18-31(2)3)77-52-49(70)45(66)42(63)34(28-59)72-52/h18,32-39,41-53,59-61,63-70H,10-17,19-30H2,1-9H3/t32-,33+,34+,35+,36+,37-,38+,39-,41-,42+,43+,44+,45-,46-,47-,48+,49+,50+,51-,52-,53-,55-,56+,57+,58-/m0/s1. The van der Waals surface area contributed by atoms with Gasteiger partial charge in [-0.3, -0.25) is 4.79 Å². The molecule has 19 nitrogen and oxygen atoms in total. The van der Waals surface area contributed by atoms with E-state index < -0.39 is 141 Å². The summed E-state index contributed by atoms with van der Waals surface area (Å²) in [6.07, 6.45) is -8.58. The zero-order valence-corrected chi connectivity index (χ0v) is 47.5. The number of fused-ring (bicyclic) bond motifs is 5. The Morgan fingerprint density at radius 3 is 1.84 bits per heavy atom. The molecule has 4 saturated carbocycles. The zero-order valence-electron chi connectivity index (χ0n) is 47.5. The lowest BCUT2D eigenvalue weighted by Gasteiger charge is -2.71. The first-order valence-corrected chi connectivity index (χ1v) is 29.3. The van der Waals surface area contributed by atoms with Crippen LogP contribution in [0.4, 0.5) is 0 Å². The summed E-state index contributed by atoms with van der Waals surface area (Å²) in [5.41, 5.74) is -1.21. The molecule has 0 aromatic carbocycles. The number of aliphatic hydroxyl groups is 11. The normalized spacial score (nSPS) is 46.5. The molecule has 4 aliphatic carbocycles. The van der Waals surface area contributed by atoms with Gasteiger partial charge in [-0.2, -0.15) is 0 Å². The third kappa shape index (κ3) is 12.4. The monoisotopic (exact) mass is 1100 g/mol. The Morgan fingerprint density at radius 1 is 0.636 bits per heavy atom. The van der Waals surface area contributed by atoms with Crippen molar-refractivity contribution in [3.8, 4) is 0 Å². The Kier molecular flexibility index (Phi) is 21.0. The molecule has 3 saturated heterocycles. The maximum Gasteiger partial charge on any atom is 0.305 e. The number of carbonyl (C=O) groups excluding carboxylic acids is 1. The van der Waals surface area contributed by atoms with E-state index in [4.69, 9.17) is 33.2 Å². The minimum Gasteiger partial charge on any atom is -0.463 e. The molecule has 7 rings (SSSR count). The second kappa shape index (κ2) is 25.6. The van der Waals surface area contributed by atoms with Gasteiger partial charge in [-0.05, 0) is 130 Å². The van der Waals surface area contributed by atoms with Crippen LogP contribution in [0.3, 0.4) is 0 Å². The number of rotatable bonds is 22. The van der Waals surface area contributed by atoms with E-state index in [2.05, 4.69) is 47.6 Å². The highest BCUT2D eigenvalue weighted by Crippen LogP contribution is 2.76. The Hall–Kier alpha value is -1.47. The Labute approximate surface area is 457 Å². The van der Waals surface area contributed by atoms with Crippen molar-refractivity contribution in [2.24, 2.45) is 45.3 Å². The smallest absolute Gasteiger partial charge is 0.305 e. The van der Waals surface area contributed by atoms with E-state index in [1.165, 1.54) is 6.42 Å². The number of hydrogen-bond acceptors (Lipinski definition) is 19. The summed E-state index contributed by atoms with van der Waals surface area (Å²) in [5, 5.41) is 122. The van der Waals surface area contributed by atoms with Crippen molar-refractivity contribution in [1.29, 1.82) is 0 Å². The van der Waals surface area contributed by atoms with Crippen molar-refractivity contribution in [2.45, 2.75) is 281 Å². The predicted octanol–water partition coefficient (Wildman–Crippen LogP) is 3.66. The zero-order chi connectivity index (χ0) is 56.6. The van der Waals surface area contributed by atoms with Gasteiger partial charge in [0.05, 0.1) is 31.0 Å². The number of allylic oxidation sites excluding steroid dienone is 2. The molecule has 0 radical (unpaired) electrons. The molecule has 0 amide bonds. The average Bonchev–Trinajstić information content (AvgIpc) is 3.78. The Morgan fingerprint density at radius 2 is 1.21 bits per heavy atom. The maximum atomic E-state index is 12.8. The fourth-order valence-corrected chi connectivity index (χ4v) is 16.3. The summed E-state index contributed by atoms with van der Waals surface area (Å²) >= 11 is 0. The molecule has 3 heterocycles. The van der Waals surface area contributed by atoms with Crippen LogP contribution in [0, 0.1) is 45.3 Å². The second-order valence-corrected chi connectivity index (χ2v) is 26.3. The van der Waals surface area contributed by atoms with Crippen LogP contribution in [-0.4, -0.2) is 192 Å². The lowest BCUT2D eigenvalue weighted by atomic mass is 9.35. The third-order valence-corrected chi connectivity index (χ3v) is 21.0. The summed E-state index contributed by atoms with van der Waals surface area (Å²) in [6, 6.07) is 0.